The molecule has 1 aliphatic rings. The molecule has 3 rings (SSSR count). The molecule has 1 N–H and O–H groups in total. The summed E-state index contributed by atoms with van der Waals surface area (Å²) in [5.74, 6) is 2.24. The fourth-order valence-corrected chi connectivity index (χ4v) is 4.68. The molecule has 2 heterocycles. The highest BCUT2D eigenvalue weighted by molar-refractivity contribution is 7.85. The Morgan fingerprint density at radius 1 is 1.29 bits per heavy atom. The first kappa shape index (κ1) is 17.1. The van der Waals surface area contributed by atoms with E-state index in [-0.39, 0.29) is 0 Å². The molecule has 1 fully saturated rings. The second-order valence-electron chi connectivity index (χ2n) is 6.41. The van der Waals surface area contributed by atoms with Crippen LogP contribution in [-0.2, 0) is 10.8 Å². The van der Waals surface area contributed by atoms with E-state index < -0.39 is 10.8 Å². The summed E-state index contributed by atoms with van der Waals surface area (Å²) in [6, 6.07) is 6.22. The van der Waals surface area contributed by atoms with Gasteiger partial charge in [0, 0.05) is 33.5 Å². The van der Waals surface area contributed by atoms with Crippen LogP contribution in [-0.4, -0.2) is 41.2 Å². The van der Waals surface area contributed by atoms with E-state index in [9.17, 15) is 4.21 Å². The molecule has 1 aliphatic carbocycles. The standard InChI is InChI=1S/C17H25N5OS/c1-4-24(23)15-7-5-6-14(11-15)18-16-8-9-17(20-19-16)22-13(3)10-12(2)21-22/h8-10,14-15H,4-7,11H2,1-3H3,(H,18,19). The highest BCUT2D eigenvalue weighted by Crippen LogP contribution is 2.25. The number of aromatic nitrogens is 4. The van der Waals surface area contributed by atoms with Gasteiger partial charge in [0.2, 0.25) is 0 Å². The zero-order valence-electron chi connectivity index (χ0n) is 14.5. The maximum absolute atomic E-state index is 12.0. The number of rotatable bonds is 5. The van der Waals surface area contributed by atoms with E-state index in [1.54, 1.807) is 4.68 Å². The quantitative estimate of drug-likeness (QED) is 0.900. The van der Waals surface area contributed by atoms with E-state index in [2.05, 4.69) is 20.6 Å². The molecule has 0 radical (unpaired) electrons. The van der Waals surface area contributed by atoms with E-state index in [0.717, 1.165) is 54.5 Å². The van der Waals surface area contributed by atoms with Crippen molar-refractivity contribution in [3.63, 3.8) is 0 Å². The SMILES string of the molecule is CCS(=O)C1CCCC(Nc2ccc(-n3nc(C)cc3C)nn2)C1. The van der Waals surface area contributed by atoms with Crippen molar-refractivity contribution >= 4 is 16.6 Å². The van der Waals surface area contributed by atoms with E-state index >= 15 is 0 Å². The molecule has 3 atom stereocenters. The van der Waals surface area contributed by atoms with Crippen molar-refractivity contribution in [1.29, 1.82) is 0 Å². The lowest BCUT2D eigenvalue weighted by molar-refractivity contribution is 0.464. The molecular formula is C17H25N5OS. The predicted molar refractivity (Wildman–Crippen MR) is 97.0 cm³/mol. The molecule has 0 spiro atoms. The van der Waals surface area contributed by atoms with Crippen LogP contribution in [0, 0.1) is 13.8 Å². The molecular weight excluding hydrogens is 322 g/mol. The third-order valence-electron chi connectivity index (χ3n) is 4.51. The molecule has 0 saturated heterocycles. The van der Waals surface area contributed by atoms with Gasteiger partial charge in [0.1, 0.15) is 5.82 Å². The maximum Gasteiger partial charge on any atom is 0.176 e. The average Bonchev–Trinajstić information content (AvgIpc) is 2.93. The van der Waals surface area contributed by atoms with E-state index in [4.69, 9.17) is 0 Å². The number of nitrogens with one attached hydrogen (secondary N) is 1. The highest BCUT2D eigenvalue weighted by atomic mass is 32.2. The number of aryl methyl sites for hydroxylation is 2. The Balaban J connectivity index is 1.66. The Morgan fingerprint density at radius 2 is 2.12 bits per heavy atom. The van der Waals surface area contributed by atoms with Crippen LogP contribution in [0.2, 0.25) is 0 Å². The van der Waals surface area contributed by atoms with Gasteiger partial charge in [-0.25, -0.2) is 4.68 Å². The van der Waals surface area contributed by atoms with Gasteiger partial charge in [-0.05, 0) is 51.3 Å². The van der Waals surface area contributed by atoms with Gasteiger partial charge in [0.15, 0.2) is 5.82 Å². The van der Waals surface area contributed by atoms with Gasteiger partial charge < -0.3 is 5.32 Å². The summed E-state index contributed by atoms with van der Waals surface area (Å²) in [6.07, 6.45) is 4.23. The zero-order valence-corrected chi connectivity index (χ0v) is 15.3. The van der Waals surface area contributed by atoms with E-state index in [0.29, 0.717) is 11.3 Å². The molecule has 130 valence electrons. The molecule has 24 heavy (non-hydrogen) atoms. The summed E-state index contributed by atoms with van der Waals surface area (Å²) in [6.45, 7) is 5.97. The van der Waals surface area contributed by atoms with Crippen LogP contribution in [0.1, 0.15) is 44.0 Å². The monoisotopic (exact) mass is 347 g/mol. The van der Waals surface area contributed by atoms with Gasteiger partial charge in [0.25, 0.3) is 0 Å². The Kier molecular flexibility index (Phi) is 5.28. The summed E-state index contributed by atoms with van der Waals surface area (Å²) in [7, 11) is -0.709. The molecule has 2 aromatic rings. The normalized spacial score (nSPS) is 22.3. The van der Waals surface area contributed by atoms with Crippen molar-refractivity contribution in [3.8, 4) is 5.82 Å². The van der Waals surface area contributed by atoms with Gasteiger partial charge in [-0.1, -0.05) is 13.3 Å². The Hall–Kier alpha value is -1.76. The fraction of sp³-hybridized carbons (Fsp3) is 0.588. The lowest BCUT2D eigenvalue weighted by Gasteiger charge is -2.29. The van der Waals surface area contributed by atoms with E-state index in [1.807, 2.05) is 39.0 Å². The number of anilines is 1. The van der Waals surface area contributed by atoms with Gasteiger partial charge in [-0.2, -0.15) is 5.10 Å². The fourth-order valence-electron chi connectivity index (χ4n) is 3.34. The van der Waals surface area contributed by atoms with Crippen LogP contribution in [0.5, 0.6) is 0 Å². The summed E-state index contributed by atoms with van der Waals surface area (Å²) in [4.78, 5) is 0. The minimum atomic E-state index is -0.709. The average molecular weight is 347 g/mol. The molecule has 2 aromatic heterocycles. The number of nitrogens with zero attached hydrogens (tertiary/aromatic N) is 4. The third-order valence-corrected chi connectivity index (χ3v) is 6.25. The first-order valence-corrected chi connectivity index (χ1v) is 9.96. The summed E-state index contributed by atoms with van der Waals surface area (Å²) in [5, 5.41) is 16.8. The number of hydrogen-bond acceptors (Lipinski definition) is 5. The number of hydrogen-bond donors (Lipinski definition) is 1. The zero-order chi connectivity index (χ0) is 17.1. The van der Waals surface area contributed by atoms with Crippen molar-refractivity contribution < 1.29 is 4.21 Å². The summed E-state index contributed by atoms with van der Waals surface area (Å²) in [5.41, 5.74) is 2.01. The topological polar surface area (TPSA) is 72.7 Å². The van der Waals surface area contributed by atoms with Gasteiger partial charge >= 0.3 is 0 Å². The molecule has 0 aromatic carbocycles. The predicted octanol–water partition coefficient (Wildman–Crippen LogP) is 2.77. The molecule has 7 heteroatoms. The summed E-state index contributed by atoms with van der Waals surface area (Å²) < 4.78 is 13.8. The van der Waals surface area contributed by atoms with Crippen LogP contribution < -0.4 is 5.32 Å². The lowest BCUT2D eigenvalue weighted by atomic mass is 9.95. The van der Waals surface area contributed by atoms with Gasteiger partial charge in [-0.3, -0.25) is 4.21 Å². The first-order chi connectivity index (χ1) is 11.6. The molecule has 0 aliphatic heterocycles. The van der Waals surface area contributed by atoms with Crippen LogP contribution in [0.15, 0.2) is 18.2 Å². The maximum atomic E-state index is 12.0. The second kappa shape index (κ2) is 7.42. The van der Waals surface area contributed by atoms with Crippen molar-refractivity contribution in [2.75, 3.05) is 11.1 Å². The van der Waals surface area contributed by atoms with Crippen LogP contribution in [0.3, 0.4) is 0 Å². The van der Waals surface area contributed by atoms with Crippen LogP contribution >= 0.6 is 0 Å². The molecule has 1 saturated carbocycles. The summed E-state index contributed by atoms with van der Waals surface area (Å²) >= 11 is 0. The van der Waals surface area contributed by atoms with Crippen molar-refractivity contribution in [2.24, 2.45) is 0 Å². The largest absolute Gasteiger partial charge is 0.366 e. The highest BCUT2D eigenvalue weighted by Gasteiger charge is 2.25. The Bertz CT molecular complexity index is 712. The first-order valence-electron chi connectivity index (χ1n) is 8.58. The Labute approximate surface area is 145 Å². The van der Waals surface area contributed by atoms with Crippen LogP contribution in [0.4, 0.5) is 5.82 Å². The Morgan fingerprint density at radius 3 is 2.75 bits per heavy atom. The molecule has 0 bridgehead atoms. The second-order valence-corrected chi connectivity index (χ2v) is 8.42. The van der Waals surface area contributed by atoms with Gasteiger partial charge in [-0.15, -0.1) is 10.2 Å². The third kappa shape index (κ3) is 3.83. The van der Waals surface area contributed by atoms with E-state index in [1.165, 1.54) is 0 Å². The minimum absolute atomic E-state index is 0.309. The van der Waals surface area contributed by atoms with Crippen molar-refractivity contribution in [2.45, 2.75) is 57.7 Å². The molecule has 6 nitrogen and oxygen atoms in total. The van der Waals surface area contributed by atoms with Crippen molar-refractivity contribution in [3.05, 3.63) is 29.6 Å². The smallest absolute Gasteiger partial charge is 0.176 e. The van der Waals surface area contributed by atoms with Crippen LogP contribution in [0.25, 0.3) is 5.82 Å². The minimum Gasteiger partial charge on any atom is -0.366 e. The van der Waals surface area contributed by atoms with Crippen molar-refractivity contribution in [1.82, 2.24) is 20.0 Å². The lowest BCUT2D eigenvalue weighted by Crippen LogP contribution is -2.33. The molecule has 3 unspecified atom stereocenters. The molecule has 0 amide bonds. The van der Waals surface area contributed by atoms with Gasteiger partial charge in [0.05, 0.1) is 5.69 Å².